The Bertz CT molecular complexity index is 728. The molecular formula is C17H23FN2O3S. The summed E-state index contributed by atoms with van der Waals surface area (Å²) in [5.41, 5.74) is 0.878. The minimum absolute atomic E-state index is 0.125. The Balaban J connectivity index is 2.09. The molecule has 24 heavy (non-hydrogen) atoms. The second-order valence-electron chi connectivity index (χ2n) is 5.92. The number of rotatable bonds is 8. The Kier molecular flexibility index (Phi) is 6.15. The monoisotopic (exact) mass is 354 g/mol. The van der Waals surface area contributed by atoms with Gasteiger partial charge in [0.05, 0.1) is 6.26 Å². The van der Waals surface area contributed by atoms with Crippen LogP contribution >= 0.6 is 0 Å². The molecule has 0 saturated carbocycles. The first-order valence-electron chi connectivity index (χ1n) is 7.82. The maximum atomic E-state index is 13.1. The molecule has 0 aliphatic rings. The van der Waals surface area contributed by atoms with Gasteiger partial charge in [-0.2, -0.15) is 12.7 Å². The molecule has 2 rings (SSSR count). The van der Waals surface area contributed by atoms with E-state index in [1.54, 1.807) is 24.5 Å². The van der Waals surface area contributed by atoms with Crippen molar-refractivity contribution in [1.82, 2.24) is 9.03 Å². The third-order valence-corrected chi connectivity index (χ3v) is 5.73. The predicted molar refractivity (Wildman–Crippen MR) is 91.4 cm³/mol. The van der Waals surface area contributed by atoms with Gasteiger partial charge in [0.2, 0.25) is 0 Å². The van der Waals surface area contributed by atoms with Crippen LogP contribution in [0.5, 0.6) is 0 Å². The number of nitrogens with one attached hydrogen (secondary N) is 1. The van der Waals surface area contributed by atoms with Gasteiger partial charge in [0.15, 0.2) is 0 Å². The quantitative estimate of drug-likeness (QED) is 0.792. The maximum Gasteiger partial charge on any atom is 0.279 e. The maximum absolute atomic E-state index is 13.1. The van der Waals surface area contributed by atoms with Crippen molar-refractivity contribution in [1.29, 1.82) is 0 Å². The van der Waals surface area contributed by atoms with E-state index in [1.165, 1.54) is 23.5 Å². The highest BCUT2D eigenvalue weighted by Crippen LogP contribution is 2.28. The van der Waals surface area contributed by atoms with Crippen LogP contribution in [0, 0.1) is 5.82 Å². The van der Waals surface area contributed by atoms with Crippen molar-refractivity contribution < 1.29 is 17.2 Å². The molecule has 0 saturated heterocycles. The minimum Gasteiger partial charge on any atom is -0.469 e. The Morgan fingerprint density at radius 1 is 1.21 bits per heavy atom. The van der Waals surface area contributed by atoms with Crippen LogP contribution in [0.4, 0.5) is 4.39 Å². The second kappa shape index (κ2) is 7.92. The molecule has 5 nitrogen and oxygen atoms in total. The Hall–Kier alpha value is -1.70. The number of hydrogen-bond donors (Lipinski definition) is 1. The van der Waals surface area contributed by atoms with E-state index in [0.717, 1.165) is 11.3 Å². The Labute approximate surface area is 142 Å². The highest BCUT2D eigenvalue weighted by Gasteiger charge is 2.22. The smallest absolute Gasteiger partial charge is 0.279 e. The van der Waals surface area contributed by atoms with Crippen LogP contribution in [0.15, 0.2) is 47.1 Å². The normalized spacial score (nSPS) is 13.6. The molecule has 1 aromatic carbocycles. The van der Waals surface area contributed by atoms with Crippen molar-refractivity contribution in [2.75, 3.05) is 13.6 Å². The van der Waals surface area contributed by atoms with Crippen LogP contribution in [-0.4, -0.2) is 32.4 Å². The number of benzene rings is 1. The largest absolute Gasteiger partial charge is 0.469 e. The lowest BCUT2D eigenvalue weighted by Crippen LogP contribution is -2.42. The fourth-order valence-corrected chi connectivity index (χ4v) is 3.50. The average Bonchev–Trinajstić information content (AvgIpc) is 3.06. The van der Waals surface area contributed by atoms with Crippen LogP contribution in [0.2, 0.25) is 0 Å². The molecule has 0 aliphatic heterocycles. The fraction of sp³-hybridized carbons (Fsp3) is 0.412. The lowest BCUT2D eigenvalue weighted by atomic mass is 9.93. The lowest BCUT2D eigenvalue weighted by molar-refractivity contribution is 0.400. The van der Waals surface area contributed by atoms with E-state index in [4.69, 9.17) is 4.42 Å². The molecule has 0 bridgehead atoms. The zero-order valence-electron chi connectivity index (χ0n) is 14.1. The topological polar surface area (TPSA) is 62.6 Å². The Morgan fingerprint density at radius 2 is 1.88 bits per heavy atom. The van der Waals surface area contributed by atoms with E-state index in [-0.39, 0.29) is 24.3 Å². The number of nitrogens with zero attached hydrogens (tertiary/aromatic N) is 1. The van der Waals surface area contributed by atoms with E-state index in [9.17, 15) is 12.8 Å². The van der Waals surface area contributed by atoms with Crippen LogP contribution < -0.4 is 4.72 Å². The van der Waals surface area contributed by atoms with E-state index in [1.807, 2.05) is 19.9 Å². The molecule has 7 heteroatoms. The first-order chi connectivity index (χ1) is 11.3. The third-order valence-electron chi connectivity index (χ3n) is 3.98. The van der Waals surface area contributed by atoms with Crippen LogP contribution in [0.25, 0.3) is 0 Å². The summed E-state index contributed by atoms with van der Waals surface area (Å²) in [6.45, 7) is 3.87. The van der Waals surface area contributed by atoms with Crippen molar-refractivity contribution in [2.24, 2.45) is 0 Å². The zero-order chi connectivity index (χ0) is 17.7. The van der Waals surface area contributed by atoms with Crippen molar-refractivity contribution >= 4 is 10.2 Å². The van der Waals surface area contributed by atoms with Gasteiger partial charge in [-0.1, -0.05) is 12.1 Å². The van der Waals surface area contributed by atoms with Crippen molar-refractivity contribution in [3.8, 4) is 0 Å². The van der Waals surface area contributed by atoms with Gasteiger partial charge in [-0.15, -0.1) is 0 Å². The second-order valence-corrected chi connectivity index (χ2v) is 7.73. The minimum atomic E-state index is -3.52. The zero-order valence-corrected chi connectivity index (χ0v) is 14.9. The summed E-state index contributed by atoms with van der Waals surface area (Å²) in [5, 5.41) is 0. The van der Waals surface area contributed by atoms with Crippen molar-refractivity contribution in [3.05, 3.63) is 59.8 Å². The molecule has 0 aliphatic carbocycles. The molecule has 1 aromatic heterocycles. The molecule has 0 amide bonds. The van der Waals surface area contributed by atoms with E-state index < -0.39 is 10.2 Å². The number of halogens is 1. The molecule has 1 atom stereocenters. The summed E-state index contributed by atoms with van der Waals surface area (Å²) < 4.78 is 46.8. The van der Waals surface area contributed by atoms with Crippen molar-refractivity contribution in [2.45, 2.75) is 32.2 Å². The summed E-state index contributed by atoms with van der Waals surface area (Å²) in [6.07, 6.45) is 2.08. The molecule has 0 unspecified atom stereocenters. The van der Waals surface area contributed by atoms with Gasteiger partial charge in [0.1, 0.15) is 11.6 Å². The third kappa shape index (κ3) is 4.66. The van der Waals surface area contributed by atoms with Crippen molar-refractivity contribution in [3.63, 3.8) is 0 Å². The van der Waals surface area contributed by atoms with Gasteiger partial charge in [0, 0.05) is 25.6 Å². The average molecular weight is 354 g/mol. The molecule has 0 radical (unpaired) electrons. The molecule has 0 spiro atoms. The lowest BCUT2D eigenvalue weighted by Gasteiger charge is -2.22. The standard InChI is InChI=1S/C17H23FN2O3S/c1-13(2)20(3)24(21,22)19-11-10-16(17-5-4-12-23-17)14-6-8-15(18)9-7-14/h4-9,12-13,16,19H,10-11H2,1-3H3/t16-/m1/s1. The fourth-order valence-electron chi connectivity index (χ4n) is 2.37. The number of furan rings is 1. The first-order valence-corrected chi connectivity index (χ1v) is 9.26. The van der Waals surface area contributed by atoms with Gasteiger partial charge >= 0.3 is 0 Å². The van der Waals surface area contributed by atoms with Gasteiger partial charge in [-0.05, 0) is 50.1 Å². The summed E-state index contributed by atoms with van der Waals surface area (Å²) in [7, 11) is -1.98. The van der Waals surface area contributed by atoms with Crippen LogP contribution in [0.1, 0.15) is 37.5 Å². The highest BCUT2D eigenvalue weighted by atomic mass is 32.2. The predicted octanol–water partition coefficient (Wildman–Crippen LogP) is 3.12. The van der Waals surface area contributed by atoms with E-state index in [2.05, 4.69) is 4.72 Å². The van der Waals surface area contributed by atoms with Gasteiger partial charge in [0.25, 0.3) is 10.2 Å². The highest BCUT2D eigenvalue weighted by molar-refractivity contribution is 7.87. The molecule has 1 heterocycles. The summed E-state index contributed by atoms with van der Waals surface area (Å²) >= 11 is 0. The van der Waals surface area contributed by atoms with Gasteiger partial charge in [-0.3, -0.25) is 0 Å². The van der Waals surface area contributed by atoms with Crippen LogP contribution in [0.3, 0.4) is 0 Å². The SMILES string of the molecule is CC(C)N(C)S(=O)(=O)NCC[C@H](c1ccc(F)cc1)c1ccco1. The summed E-state index contributed by atoms with van der Waals surface area (Å²) in [6, 6.07) is 9.66. The Morgan fingerprint density at radius 3 is 2.42 bits per heavy atom. The first kappa shape index (κ1) is 18.6. The number of hydrogen-bond acceptors (Lipinski definition) is 3. The van der Waals surface area contributed by atoms with E-state index in [0.29, 0.717) is 6.42 Å². The van der Waals surface area contributed by atoms with E-state index >= 15 is 0 Å². The van der Waals surface area contributed by atoms with Gasteiger partial charge < -0.3 is 4.42 Å². The summed E-state index contributed by atoms with van der Waals surface area (Å²) in [5.74, 6) is 0.266. The molecule has 132 valence electrons. The molecular weight excluding hydrogens is 331 g/mol. The van der Waals surface area contributed by atoms with Crippen LogP contribution in [-0.2, 0) is 10.2 Å². The van der Waals surface area contributed by atoms with Gasteiger partial charge in [-0.25, -0.2) is 9.11 Å². The molecule has 2 aromatic rings. The summed E-state index contributed by atoms with van der Waals surface area (Å²) in [4.78, 5) is 0. The molecule has 1 N–H and O–H groups in total. The molecule has 0 fully saturated rings.